The first-order chi connectivity index (χ1) is 14.2. The van der Waals surface area contributed by atoms with E-state index >= 15 is 0 Å². The van der Waals surface area contributed by atoms with E-state index in [1.54, 1.807) is 0 Å². The highest BCUT2D eigenvalue weighted by atomic mass is 16.5. The average molecular weight is 399 g/mol. The van der Waals surface area contributed by atoms with Gasteiger partial charge in [0.15, 0.2) is 0 Å². The fourth-order valence-corrected chi connectivity index (χ4v) is 3.85. The molecule has 0 bridgehead atoms. The van der Waals surface area contributed by atoms with Gasteiger partial charge in [0.2, 0.25) is 5.95 Å². The Morgan fingerprint density at radius 2 is 1.93 bits per heavy atom. The van der Waals surface area contributed by atoms with Crippen LogP contribution in [-0.4, -0.2) is 53.1 Å². The second-order valence-corrected chi connectivity index (χ2v) is 7.82. The number of hydrogen-bond acceptors (Lipinski definition) is 8. The molecule has 0 atom stereocenters. The summed E-state index contributed by atoms with van der Waals surface area (Å²) in [5.41, 5.74) is 0. The number of nitrogens with one attached hydrogen (secondary N) is 1. The molecular formula is C21H29N5O3. The van der Waals surface area contributed by atoms with Crippen LogP contribution < -0.4 is 10.2 Å². The molecule has 2 fully saturated rings. The molecule has 2 aromatic heterocycles. The van der Waals surface area contributed by atoms with Crippen molar-refractivity contribution in [1.29, 1.82) is 0 Å². The first kappa shape index (κ1) is 19.7. The summed E-state index contributed by atoms with van der Waals surface area (Å²) < 4.78 is 10.7. The third-order valence-electron chi connectivity index (χ3n) is 5.38. The van der Waals surface area contributed by atoms with Gasteiger partial charge in [-0.1, -0.05) is 12.8 Å². The third kappa shape index (κ3) is 5.47. The van der Waals surface area contributed by atoms with Gasteiger partial charge in [0.1, 0.15) is 23.9 Å². The van der Waals surface area contributed by atoms with E-state index in [4.69, 9.17) is 14.1 Å². The summed E-state index contributed by atoms with van der Waals surface area (Å²) in [5, 5.41) is 3.45. The van der Waals surface area contributed by atoms with Crippen LogP contribution in [0.3, 0.4) is 0 Å². The normalized spacial score (nSPS) is 18.2. The minimum atomic E-state index is -0.304. The maximum absolute atomic E-state index is 10.9. The molecule has 8 heteroatoms. The molecule has 0 radical (unpaired) electrons. The van der Waals surface area contributed by atoms with Crippen molar-refractivity contribution in [2.75, 3.05) is 36.4 Å². The Bertz CT molecular complexity index is 810. The molecule has 4 heterocycles. The molecule has 156 valence electrons. The molecule has 0 unspecified atom stereocenters. The van der Waals surface area contributed by atoms with E-state index in [9.17, 15) is 4.79 Å². The predicted octanol–water partition coefficient (Wildman–Crippen LogP) is 2.81. The van der Waals surface area contributed by atoms with Crippen molar-refractivity contribution in [3.05, 3.63) is 35.9 Å². The molecular weight excluding hydrogens is 370 g/mol. The quantitative estimate of drug-likeness (QED) is 0.712. The zero-order chi connectivity index (χ0) is 20.1. The van der Waals surface area contributed by atoms with Crippen LogP contribution in [-0.2, 0) is 22.7 Å². The van der Waals surface area contributed by atoms with Gasteiger partial charge in [0.25, 0.3) is 0 Å². The van der Waals surface area contributed by atoms with Crippen molar-refractivity contribution < 1.29 is 13.9 Å². The van der Waals surface area contributed by atoms with E-state index in [1.807, 2.05) is 24.4 Å². The highest BCUT2D eigenvalue weighted by molar-refractivity contribution is 5.65. The monoisotopic (exact) mass is 399 g/mol. The molecule has 2 aliphatic heterocycles. The molecule has 0 aliphatic carbocycles. The lowest BCUT2D eigenvalue weighted by Gasteiger charge is -2.39. The van der Waals surface area contributed by atoms with Crippen molar-refractivity contribution >= 4 is 17.7 Å². The lowest BCUT2D eigenvalue weighted by atomic mass is 10.1. The summed E-state index contributed by atoms with van der Waals surface area (Å²) in [6, 6.07) is 6.14. The first-order valence-electron chi connectivity index (χ1n) is 10.4. The SMILES string of the molecule is CC(=O)OCc1ccc(CN2CC(Nc3nccc(N4CCCCCC4)n3)C2)o1. The fraction of sp³-hybridized carbons (Fsp3) is 0.571. The molecule has 0 aromatic carbocycles. The van der Waals surface area contributed by atoms with E-state index in [2.05, 4.69) is 20.1 Å². The number of hydrogen-bond donors (Lipinski definition) is 1. The number of anilines is 2. The van der Waals surface area contributed by atoms with E-state index in [-0.39, 0.29) is 12.6 Å². The van der Waals surface area contributed by atoms with Crippen LogP contribution in [0.2, 0.25) is 0 Å². The van der Waals surface area contributed by atoms with E-state index in [0.29, 0.717) is 17.8 Å². The minimum absolute atomic E-state index is 0.185. The molecule has 2 aliphatic rings. The van der Waals surface area contributed by atoms with E-state index < -0.39 is 0 Å². The number of nitrogens with zero attached hydrogens (tertiary/aromatic N) is 4. The molecule has 0 saturated carbocycles. The van der Waals surface area contributed by atoms with E-state index in [0.717, 1.165) is 44.3 Å². The fourth-order valence-electron chi connectivity index (χ4n) is 3.85. The lowest BCUT2D eigenvalue weighted by Crippen LogP contribution is -2.54. The number of aromatic nitrogens is 2. The van der Waals surface area contributed by atoms with Gasteiger partial charge in [-0.2, -0.15) is 4.98 Å². The topological polar surface area (TPSA) is 83.7 Å². The molecule has 2 saturated heterocycles. The largest absolute Gasteiger partial charge is 0.461 e. The molecule has 29 heavy (non-hydrogen) atoms. The van der Waals surface area contributed by atoms with Crippen LogP contribution in [0, 0.1) is 0 Å². The zero-order valence-corrected chi connectivity index (χ0v) is 17.0. The number of rotatable bonds is 7. The molecule has 2 aromatic rings. The zero-order valence-electron chi connectivity index (χ0n) is 17.0. The van der Waals surface area contributed by atoms with Crippen LogP contribution >= 0.6 is 0 Å². The smallest absolute Gasteiger partial charge is 0.303 e. The number of carbonyl (C=O) groups is 1. The highest BCUT2D eigenvalue weighted by Crippen LogP contribution is 2.21. The summed E-state index contributed by atoms with van der Waals surface area (Å²) in [5.74, 6) is 2.98. The molecule has 0 spiro atoms. The number of carbonyl (C=O) groups excluding carboxylic acids is 1. The van der Waals surface area contributed by atoms with Gasteiger partial charge in [-0.3, -0.25) is 9.69 Å². The Kier molecular flexibility index (Phi) is 6.29. The molecule has 1 N–H and O–H groups in total. The minimum Gasteiger partial charge on any atom is -0.461 e. The van der Waals surface area contributed by atoms with Crippen LogP contribution in [0.25, 0.3) is 0 Å². The van der Waals surface area contributed by atoms with Gasteiger partial charge in [-0.25, -0.2) is 4.98 Å². The van der Waals surface area contributed by atoms with Crippen LogP contribution in [0.4, 0.5) is 11.8 Å². The summed E-state index contributed by atoms with van der Waals surface area (Å²) >= 11 is 0. The number of furan rings is 1. The summed E-state index contributed by atoms with van der Waals surface area (Å²) in [6.07, 6.45) is 6.94. The molecule has 8 nitrogen and oxygen atoms in total. The van der Waals surface area contributed by atoms with Gasteiger partial charge >= 0.3 is 5.97 Å². The van der Waals surface area contributed by atoms with Gasteiger partial charge in [-0.05, 0) is 31.0 Å². The first-order valence-corrected chi connectivity index (χ1v) is 10.4. The van der Waals surface area contributed by atoms with Crippen LogP contribution in [0.1, 0.15) is 44.1 Å². The van der Waals surface area contributed by atoms with E-state index in [1.165, 1.54) is 32.6 Å². The summed E-state index contributed by atoms with van der Waals surface area (Å²) in [6.45, 7) is 6.31. The summed E-state index contributed by atoms with van der Waals surface area (Å²) in [4.78, 5) is 24.7. The molecule has 4 rings (SSSR count). The van der Waals surface area contributed by atoms with Crippen molar-refractivity contribution in [2.45, 2.75) is 51.8 Å². The maximum Gasteiger partial charge on any atom is 0.303 e. The second kappa shape index (κ2) is 9.26. The third-order valence-corrected chi connectivity index (χ3v) is 5.38. The Balaban J connectivity index is 1.23. The van der Waals surface area contributed by atoms with Crippen molar-refractivity contribution in [3.63, 3.8) is 0 Å². The average Bonchev–Trinajstić information content (AvgIpc) is 2.95. The van der Waals surface area contributed by atoms with Crippen molar-refractivity contribution in [3.8, 4) is 0 Å². The van der Waals surface area contributed by atoms with Crippen molar-refractivity contribution in [1.82, 2.24) is 14.9 Å². The molecule has 0 amide bonds. The number of likely N-dealkylation sites (tertiary alicyclic amines) is 1. The van der Waals surface area contributed by atoms with Crippen molar-refractivity contribution in [2.24, 2.45) is 0 Å². The predicted molar refractivity (Wildman–Crippen MR) is 110 cm³/mol. The van der Waals surface area contributed by atoms with Gasteiger partial charge in [0, 0.05) is 39.3 Å². The second-order valence-electron chi connectivity index (χ2n) is 7.82. The Morgan fingerprint density at radius 3 is 2.69 bits per heavy atom. The van der Waals surface area contributed by atoms with Gasteiger partial charge < -0.3 is 19.4 Å². The Hall–Kier alpha value is -2.61. The summed E-state index contributed by atoms with van der Waals surface area (Å²) in [7, 11) is 0. The number of esters is 1. The number of ether oxygens (including phenoxy) is 1. The Morgan fingerprint density at radius 1 is 1.17 bits per heavy atom. The van der Waals surface area contributed by atoms with Crippen LogP contribution in [0.5, 0.6) is 0 Å². The Labute approximate surface area is 171 Å². The standard InChI is InChI=1S/C21H29N5O3/c1-16(27)28-15-19-7-6-18(29-19)14-25-12-17(13-25)23-21-22-9-8-20(24-21)26-10-4-2-3-5-11-26/h6-9,17H,2-5,10-15H2,1H3,(H,22,23,24). The van der Waals surface area contributed by atoms with Gasteiger partial charge in [0.05, 0.1) is 12.6 Å². The van der Waals surface area contributed by atoms with Gasteiger partial charge in [-0.15, -0.1) is 0 Å². The maximum atomic E-state index is 10.9. The van der Waals surface area contributed by atoms with Crippen LogP contribution in [0.15, 0.2) is 28.8 Å². The lowest BCUT2D eigenvalue weighted by molar-refractivity contribution is -0.142. The highest BCUT2D eigenvalue weighted by Gasteiger charge is 2.28.